The average molecular weight is 435 g/mol. The number of halogens is 4. The van der Waals surface area contributed by atoms with Crippen molar-refractivity contribution in [3.63, 3.8) is 0 Å². The molecule has 0 spiro atoms. The van der Waals surface area contributed by atoms with E-state index in [0.29, 0.717) is 29.3 Å². The molecular weight excluding hydrogens is 414 g/mol. The molecule has 0 saturated heterocycles. The number of nitrogens with zero attached hydrogens (tertiary/aromatic N) is 3. The van der Waals surface area contributed by atoms with Gasteiger partial charge in [-0.2, -0.15) is 4.98 Å². The normalized spacial score (nSPS) is 11.5. The quantitative estimate of drug-likeness (QED) is 0.491. The van der Waals surface area contributed by atoms with Gasteiger partial charge in [0.25, 0.3) is 0 Å². The fraction of sp³-hybridized carbons (Fsp3) is 0.238. The Balaban J connectivity index is 1.93. The lowest BCUT2D eigenvalue weighted by Crippen LogP contribution is -2.21. The largest absolute Gasteiger partial charge is 0.573 e. The van der Waals surface area contributed by atoms with Crippen LogP contribution in [0.1, 0.15) is 0 Å². The lowest BCUT2D eigenvalue weighted by atomic mass is 10.1. The van der Waals surface area contributed by atoms with Gasteiger partial charge in [-0.1, -0.05) is 18.2 Å². The molecule has 10 heteroatoms. The summed E-state index contributed by atoms with van der Waals surface area (Å²) in [5.41, 5.74) is 1.24. The second-order valence-corrected chi connectivity index (χ2v) is 6.90. The molecule has 1 aromatic heterocycles. The van der Waals surface area contributed by atoms with E-state index in [-0.39, 0.29) is 11.7 Å². The van der Waals surface area contributed by atoms with Gasteiger partial charge < -0.3 is 20.3 Å². The van der Waals surface area contributed by atoms with Crippen LogP contribution >= 0.6 is 0 Å². The topological polar surface area (TPSA) is 62.3 Å². The number of nitrogens with one attached hydrogen (secondary N) is 2. The molecular formula is C21H21F4N5O. The molecule has 31 heavy (non-hydrogen) atoms. The highest BCUT2D eigenvalue weighted by Crippen LogP contribution is 2.29. The van der Waals surface area contributed by atoms with Crippen molar-refractivity contribution in [2.24, 2.45) is 0 Å². The van der Waals surface area contributed by atoms with Crippen molar-refractivity contribution in [2.75, 3.05) is 37.8 Å². The van der Waals surface area contributed by atoms with Crippen molar-refractivity contribution in [1.29, 1.82) is 0 Å². The minimum absolute atomic E-state index is 0.278. The Kier molecular flexibility index (Phi) is 6.91. The van der Waals surface area contributed by atoms with Gasteiger partial charge >= 0.3 is 6.36 Å². The van der Waals surface area contributed by atoms with Crippen LogP contribution in [0.5, 0.6) is 5.75 Å². The molecule has 0 aliphatic heterocycles. The Morgan fingerprint density at radius 1 is 1.00 bits per heavy atom. The smallest absolute Gasteiger partial charge is 0.406 e. The van der Waals surface area contributed by atoms with Gasteiger partial charge in [-0.15, -0.1) is 13.2 Å². The van der Waals surface area contributed by atoms with Gasteiger partial charge in [-0.25, -0.2) is 9.37 Å². The number of hydrogen-bond acceptors (Lipinski definition) is 6. The first kappa shape index (κ1) is 22.3. The maximum Gasteiger partial charge on any atom is 0.573 e. The fourth-order valence-electron chi connectivity index (χ4n) is 2.70. The van der Waals surface area contributed by atoms with Gasteiger partial charge in [0.05, 0.1) is 5.69 Å². The van der Waals surface area contributed by atoms with Crippen LogP contribution in [-0.4, -0.2) is 48.4 Å². The van der Waals surface area contributed by atoms with Crippen LogP contribution in [0.4, 0.5) is 35.0 Å². The van der Waals surface area contributed by atoms with Crippen LogP contribution in [0.25, 0.3) is 11.3 Å². The molecule has 0 aliphatic rings. The van der Waals surface area contributed by atoms with Crippen LogP contribution in [0, 0.1) is 5.82 Å². The van der Waals surface area contributed by atoms with Gasteiger partial charge in [0.1, 0.15) is 17.4 Å². The van der Waals surface area contributed by atoms with E-state index in [0.717, 1.165) is 6.54 Å². The van der Waals surface area contributed by atoms with Gasteiger partial charge in [0.2, 0.25) is 5.95 Å². The molecule has 3 aromatic rings. The summed E-state index contributed by atoms with van der Waals surface area (Å²) in [6, 6.07) is 12.9. The van der Waals surface area contributed by atoms with Crippen LogP contribution < -0.4 is 15.4 Å². The number of rotatable bonds is 8. The fourth-order valence-corrected chi connectivity index (χ4v) is 2.70. The van der Waals surface area contributed by atoms with Crippen molar-refractivity contribution < 1.29 is 22.3 Å². The predicted molar refractivity (Wildman–Crippen MR) is 111 cm³/mol. The first-order chi connectivity index (χ1) is 14.7. The number of alkyl halides is 3. The third-order valence-corrected chi connectivity index (χ3v) is 4.03. The lowest BCUT2D eigenvalue weighted by molar-refractivity contribution is -0.274. The van der Waals surface area contributed by atoms with E-state index < -0.39 is 12.2 Å². The van der Waals surface area contributed by atoms with Crippen LogP contribution in [-0.2, 0) is 0 Å². The summed E-state index contributed by atoms with van der Waals surface area (Å²) < 4.78 is 55.3. The maximum atomic E-state index is 13.5. The number of likely N-dealkylation sites (N-methyl/N-ethyl adjacent to an activating group) is 1. The minimum Gasteiger partial charge on any atom is -0.406 e. The number of aromatic nitrogens is 2. The molecule has 2 aromatic carbocycles. The van der Waals surface area contributed by atoms with Crippen LogP contribution in [0.2, 0.25) is 0 Å². The van der Waals surface area contributed by atoms with E-state index in [2.05, 4.69) is 25.3 Å². The molecule has 6 nitrogen and oxygen atoms in total. The minimum atomic E-state index is -4.80. The zero-order valence-electron chi connectivity index (χ0n) is 16.9. The first-order valence-corrected chi connectivity index (χ1v) is 9.34. The maximum absolute atomic E-state index is 13.5. The highest BCUT2D eigenvalue weighted by Gasteiger charge is 2.31. The molecule has 2 N–H and O–H groups in total. The predicted octanol–water partition coefficient (Wildman–Crippen LogP) is 4.90. The summed E-state index contributed by atoms with van der Waals surface area (Å²) >= 11 is 0. The number of hydrogen-bond donors (Lipinski definition) is 2. The van der Waals surface area contributed by atoms with Gasteiger partial charge in [0, 0.05) is 30.4 Å². The Bertz CT molecular complexity index is 1030. The second-order valence-electron chi connectivity index (χ2n) is 6.90. The molecule has 164 valence electrons. The Morgan fingerprint density at radius 3 is 2.48 bits per heavy atom. The van der Waals surface area contributed by atoms with E-state index in [1.807, 2.05) is 19.0 Å². The summed E-state index contributed by atoms with van der Waals surface area (Å²) in [7, 11) is 3.84. The lowest BCUT2D eigenvalue weighted by Gasteiger charge is -2.14. The van der Waals surface area contributed by atoms with Gasteiger partial charge in [-0.3, -0.25) is 0 Å². The number of ether oxygens (including phenoxy) is 1. The van der Waals surface area contributed by atoms with E-state index >= 15 is 0 Å². The molecule has 1 heterocycles. The highest BCUT2D eigenvalue weighted by molar-refractivity contribution is 5.68. The standard InChI is InChI=1S/C21H21F4N5O/c1-30(2)10-9-26-20-28-18(14-5-3-8-17(11-14)31-21(23,24)25)13-19(29-20)27-16-7-4-6-15(22)12-16/h3-8,11-13H,9-10H2,1-2H3,(H2,26,27,28,29). The summed E-state index contributed by atoms with van der Waals surface area (Å²) in [6.07, 6.45) is -4.80. The van der Waals surface area contributed by atoms with E-state index in [4.69, 9.17) is 0 Å². The Labute approximate surface area is 176 Å². The molecule has 0 aliphatic carbocycles. The summed E-state index contributed by atoms with van der Waals surface area (Å²) in [5, 5.41) is 6.08. The van der Waals surface area contributed by atoms with Crippen molar-refractivity contribution in [1.82, 2.24) is 14.9 Å². The Hall–Kier alpha value is -3.40. The zero-order valence-corrected chi connectivity index (χ0v) is 16.9. The molecule has 3 rings (SSSR count). The summed E-state index contributed by atoms with van der Waals surface area (Å²) in [5.74, 6) is -0.142. The third-order valence-electron chi connectivity index (χ3n) is 4.03. The van der Waals surface area contributed by atoms with E-state index in [1.165, 1.54) is 30.3 Å². The molecule has 0 fully saturated rings. The van der Waals surface area contributed by atoms with Crippen molar-refractivity contribution in [2.45, 2.75) is 6.36 Å². The molecule has 0 radical (unpaired) electrons. The summed E-state index contributed by atoms with van der Waals surface area (Å²) in [6.45, 7) is 1.27. The average Bonchev–Trinajstić information content (AvgIpc) is 2.66. The molecule has 0 amide bonds. The molecule has 0 bridgehead atoms. The van der Waals surface area contributed by atoms with Crippen LogP contribution in [0.3, 0.4) is 0 Å². The first-order valence-electron chi connectivity index (χ1n) is 9.34. The monoisotopic (exact) mass is 435 g/mol. The molecule has 0 atom stereocenters. The van der Waals surface area contributed by atoms with E-state index in [1.54, 1.807) is 24.3 Å². The van der Waals surface area contributed by atoms with Gasteiger partial charge in [0.15, 0.2) is 0 Å². The molecule has 0 unspecified atom stereocenters. The van der Waals surface area contributed by atoms with E-state index in [9.17, 15) is 17.6 Å². The van der Waals surface area contributed by atoms with Crippen molar-refractivity contribution in [3.8, 4) is 17.0 Å². The van der Waals surface area contributed by atoms with Gasteiger partial charge in [-0.05, 0) is 44.4 Å². The molecule has 0 saturated carbocycles. The van der Waals surface area contributed by atoms with Crippen molar-refractivity contribution >= 4 is 17.5 Å². The van der Waals surface area contributed by atoms with Crippen LogP contribution in [0.15, 0.2) is 54.6 Å². The zero-order chi connectivity index (χ0) is 22.4. The Morgan fingerprint density at radius 2 is 1.77 bits per heavy atom. The number of benzene rings is 2. The second kappa shape index (κ2) is 9.61. The number of anilines is 3. The summed E-state index contributed by atoms with van der Waals surface area (Å²) in [4.78, 5) is 10.8. The highest BCUT2D eigenvalue weighted by atomic mass is 19.4. The SMILES string of the molecule is CN(C)CCNc1nc(Nc2cccc(F)c2)cc(-c2cccc(OC(F)(F)F)c2)n1. The van der Waals surface area contributed by atoms with Crippen molar-refractivity contribution in [3.05, 3.63) is 60.4 Å². The third kappa shape index (κ3) is 7.10.